The number of nitrogens with one attached hydrogen (secondary N) is 1. The largest absolute Gasteiger partial charge is 0.477 e. The summed E-state index contributed by atoms with van der Waals surface area (Å²) >= 11 is 2.92. The van der Waals surface area contributed by atoms with Gasteiger partial charge in [0.05, 0.1) is 17.6 Å². The summed E-state index contributed by atoms with van der Waals surface area (Å²) in [6.07, 6.45) is 8.78. The van der Waals surface area contributed by atoms with E-state index in [-0.39, 0.29) is 23.6 Å². The number of carbonyl (C=O) groups excluding carboxylic acids is 2. The van der Waals surface area contributed by atoms with Gasteiger partial charge >= 0.3 is 5.97 Å². The summed E-state index contributed by atoms with van der Waals surface area (Å²) in [6.45, 7) is 8.27. The van der Waals surface area contributed by atoms with Crippen LogP contribution >= 0.6 is 23.1 Å². The highest BCUT2D eigenvalue weighted by atomic mass is 32.2. The third-order valence-corrected chi connectivity index (χ3v) is 8.57. The Balaban J connectivity index is 0.000000403. The van der Waals surface area contributed by atoms with Gasteiger partial charge in [-0.15, -0.1) is 23.1 Å². The number of aliphatic carboxylic acids is 1. The molecule has 2 aliphatic rings. The molecule has 3 heterocycles. The molecule has 1 saturated heterocycles. The van der Waals surface area contributed by atoms with E-state index in [1.807, 2.05) is 43.3 Å². The van der Waals surface area contributed by atoms with Crippen LogP contribution in [0.2, 0.25) is 0 Å². The lowest BCUT2D eigenvalue weighted by atomic mass is 9.98. The highest BCUT2D eigenvalue weighted by Crippen LogP contribution is 2.41. The maximum Gasteiger partial charge on any atom is 0.352 e. The lowest BCUT2D eigenvalue weighted by Crippen LogP contribution is -2.70. The Morgan fingerprint density at radius 2 is 1.95 bits per heavy atom. The van der Waals surface area contributed by atoms with Gasteiger partial charge < -0.3 is 16.2 Å². The minimum atomic E-state index is -1.15. The molecule has 0 saturated carbocycles. The molecule has 1 aromatic heterocycles. The SMILES string of the molecule is CCCCCC(C)(C)N.Cc1ncsc1/C=C/C1=C(C(=O)O)N2C(=O)[C@@H](NC(=O)Cc3ccccc3)[C@H]2SC1. The molecule has 8 nitrogen and oxygen atoms in total. The first kappa shape index (κ1) is 30.6. The second-order valence-electron chi connectivity index (χ2n) is 10.4. The molecular formula is C29H38N4O4S2. The van der Waals surface area contributed by atoms with Crippen LogP contribution in [0.1, 0.15) is 62.6 Å². The quantitative estimate of drug-likeness (QED) is 0.278. The van der Waals surface area contributed by atoms with Crippen molar-refractivity contribution < 1.29 is 19.5 Å². The number of unbranched alkanes of at least 4 members (excludes halogenated alkanes) is 2. The average molecular weight is 571 g/mol. The molecule has 2 atom stereocenters. The van der Waals surface area contributed by atoms with Gasteiger partial charge in [-0.3, -0.25) is 14.5 Å². The minimum absolute atomic E-state index is 0.0178. The van der Waals surface area contributed by atoms with Crippen molar-refractivity contribution in [2.45, 2.75) is 76.8 Å². The summed E-state index contributed by atoms with van der Waals surface area (Å²) in [5.41, 5.74) is 9.83. The Kier molecular flexibility index (Phi) is 10.9. The molecule has 1 fully saturated rings. The fourth-order valence-corrected chi connectivity index (χ4v) is 6.27. The number of β-lactam (4-membered cyclic amide) rings is 1. The van der Waals surface area contributed by atoms with Crippen molar-refractivity contribution in [2.75, 3.05) is 5.75 Å². The predicted molar refractivity (Wildman–Crippen MR) is 158 cm³/mol. The zero-order valence-corrected chi connectivity index (χ0v) is 24.6. The van der Waals surface area contributed by atoms with Crippen LogP contribution in [0.25, 0.3) is 6.08 Å². The third-order valence-electron chi connectivity index (χ3n) is 6.37. The molecule has 0 unspecified atom stereocenters. The molecule has 1 aromatic carbocycles. The number of amides is 2. The first-order valence-corrected chi connectivity index (χ1v) is 15.1. The van der Waals surface area contributed by atoms with Crippen molar-refractivity contribution in [3.8, 4) is 0 Å². The fourth-order valence-electron chi connectivity index (χ4n) is 4.25. The molecule has 4 rings (SSSR count). The highest BCUT2D eigenvalue weighted by molar-refractivity contribution is 8.00. The Bertz CT molecular complexity index is 1220. The Morgan fingerprint density at radius 1 is 1.23 bits per heavy atom. The number of aromatic nitrogens is 1. The molecule has 0 spiro atoms. The molecule has 210 valence electrons. The van der Waals surface area contributed by atoms with E-state index in [4.69, 9.17) is 5.73 Å². The van der Waals surface area contributed by atoms with Gasteiger partial charge in [0, 0.05) is 16.2 Å². The maximum atomic E-state index is 12.7. The number of allylic oxidation sites excluding steroid dienone is 1. The molecule has 2 amide bonds. The van der Waals surface area contributed by atoms with Crippen molar-refractivity contribution >= 4 is 47.0 Å². The van der Waals surface area contributed by atoms with Crippen LogP contribution in [0.3, 0.4) is 0 Å². The number of aryl methyl sites for hydroxylation is 1. The van der Waals surface area contributed by atoms with Gasteiger partial charge in [-0.1, -0.05) is 62.6 Å². The van der Waals surface area contributed by atoms with Crippen LogP contribution in [0.5, 0.6) is 0 Å². The summed E-state index contributed by atoms with van der Waals surface area (Å²) in [5, 5.41) is 12.1. The van der Waals surface area contributed by atoms with Gasteiger partial charge in [0.2, 0.25) is 5.91 Å². The fraction of sp³-hybridized carbons (Fsp3) is 0.448. The Hall–Kier alpha value is -2.95. The van der Waals surface area contributed by atoms with E-state index in [1.54, 1.807) is 11.6 Å². The number of carboxylic acid groups (broad SMARTS) is 1. The number of rotatable bonds is 10. The van der Waals surface area contributed by atoms with E-state index in [0.717, 1.165) is 22.6 Å². The van der Waals surface area contributed by atoms with Crippen molar-refractivity contribution in [3.63, 3.8) is 0 Å². The van der Waals surface area contributed by atoms with Gasteiger partial charge in [-0.25, -0.2) is 9.78 Å². The number of nitrogens with two attached hydrogens (primary N) is 1. The van der Waals surface area contributed by atoms with Crippen LogP contribution in [0.15, 0.2) is 53.2 Å². The van der Waals surface area contributed by atoms with E-state index in [9.17, 15) is 19.5 Å². The van der Waals surface area contributed by atoms with Gasteiger partial charge in [-0.2, -0.15) is 0 Å². The summed E-state index contributed by atoms with van der Waals surface area (Å²) in [4.78, 5) is 43.4. The monoisotopic (exact) mass is 570 g/mol. The Labute approximate surface area is 238 Å². The number of carbonyl (C=O) groups is 3. The van der Waals surface area contributed by atoms with Crippen LogP contribution in [-0.2, 0) is 20.8 Å². The number of benzene rings is 1. The predicted octanol–water partition coefficient (Wildman–Crippen LogP) is 4.75. The number of thiazole rings is 1. The van der Waals surface area contributed by atoms with Gasteiger partial charge in [0.25, 0.3) is 5.91 Å². The van der Waals surface area contributed by atoms with Crippen LogP contribution in [-0.4, -0.2) is 55.5 Å². The second kappa shape index (κ2) is 13.9. The summed E-state index contributed by atoms with van der Waals surface area (Å²) in [7, 11) is 0. The molecule has 2 aliphatic heterocycles. The van der Waals surface area contributed by atoms with E-state index in [1.165, 1.54) is 47.3 Å². The zero-order chi connectivity index (χ0) is 28.6. The molecule has 2 aromatic rings. The maximum absolute atomic E-state index is 12.7. The lowest BCUT2D eigenvalue weighted by Gasteiger charge is -2.49. The zero-order valence-electron chi connectivity index (χ0n) is 23.0. The van der Waals surface area contributed by atoms with E-state index in [2.05, 4.69) is 31.1 Å². The number of carboxylic acids is 1. The highest BCUT2D eigenvalue weighted by Gasteiger charge is 2.53. The second-order valence-corrected chi connectivity index (χ2v) is 12.4. The van der Waals surface area contributed by atoms with Gasteiger partial charge in [-0.05, 0) is 44.4 Å². The van der Waals surface area contributed by atoms with E-state index < -0.39 is 23.3 Å². The first-order chi connectivity index (χ1) is 18.5. The normalized spacial score (nSPS) is 18.8. The van der Waals surface area contributed by atoms with Crippen molar-refractivity contribution in [2.24, 2.45) is 5.73 Å². The van der Waals surface area contributed by atoms with Crippen LogP contribution in [0.4, 0.5) is 0 Å². The van der Waals surface area contributed by atoms with Gasteiger partial charge in [0.15, 0.2) is 0 Å². The number of nitrogens with zero attached hydrogens (tertiary/aromatic N) is 2. The number of hydrogen-bond acceptors (Lipinski definition) is 7. The molecule has 39 heavy (non-hydrogen) atoms. The lowest BCUT2D eigenvalue weighted by molar-refractivity contribution is -0.150. The van der Waals surface area contributed by atoms with Crippen LogP contribution < -0.4 is 11.1 Å². The molecule has 4 N–H and O–H groups in total. The third kappa shape index (κ3) is 8.52. The topological polar surface area (TPSA) is 126 Å². The summed E-state index contributed by atoms with van der Waals surface area (Å²) in [5.74, 6) is -1.36. The van der Waals surface area contributed by atoms with E-state index >= 15 is 0 Å². The van der Waals surface area contributed by atoms with Gasteiger partial charge in [0.1, 0.15) is 17.1 Å². The number of fused-ring (bicyclic) bond motifs is 1. The summed E-state index contributed by atoms with van der Waals surface area (Å²) in [6, 6.07) is 8.55. The van der Waals surface area contributed by atoms with Crippen LogP contribution in [0, 0.1) is 6.92 Å². The average Bonchev–Trinajstić information content (AvgIpc) is 3.30. The molecule has 0 aliphatic carbocycles. The van der Waals surface area contributed by atoms with Crippen molar-refractivity contribution in [1.82, 2.24) is 15.2 Å². The number of thioether (sulfide) groups is 1. The standard InChI is InChI=1S/C21H19N3O4S2.C8H19N/c1-12-15(30-11-22-12)8-7-14-10-29-20-17(19(26)24(20)18(14)21(27)28)23-16(25)9-13-5-3-2-4-6-13;1-4-5-6-7-8(2,3)9/h2-8,11,17,20H,9-10H2,1H3,(H,23,25)(H,27,28);4-7,9H2,1-3H3/b8-7+;/t17-,20-;/m1./s1. The molecule has 0 radical (unpaired) electrons. The Morgan fingerprint density at radius 3 is 2.54 bits per heavy atom. The van der Waals surface area contributed by atoms with Crippen molar-refractivity contribution in [1.29, 1.82) is 0 Å². The summed E-state index contributed by atoms with van der Waals surface area (Å²) < 4.78 is 0. The molecule has 0 bridgehead atoms. The van der Waals surface area contributed by atoms with Crippen molar-refractivity contribution in [3.05, 3.63) is 69.3 Å². The first-order valence-electron chi connectivity index (χ1n) is 13.1. The minimum Gasteiger partial charge on any atom is -0.477 e. The number of hydrogen-bond donors (Lipinski definition) is 3. The smallest absolute Gasteiger partial charge is 0.352 e. The molecular weight excluding hydrogens is 532 g/mol. The van der Waals surface area contributed by atoms with E-state index in [0.29, 0.717) is 11.3 Å². The molecule has 10 heteroatoms.